The largest absolute Gasteiger partial charge is 0.235 e. The first-order valence-electron chi connectivity index (χ1n) is 5.39. The molecule has 5 heteroatoms. The minimum atomic E-state index is 0.632. The quantitative estimate of drug-likeness (QED) is 0.785. The molecule has 2 aromatic rings. The Morgan fingerprint density at radius 1 is 1.39 bits per heavy atom. The maximum Gasteiger partial charge on any atom is 0.103 e. The highest BCUT2D eigenvalue weighted by atomic mass is 35.5. The highest BCUT2D eigenvalue weighted by molar-refractivity contribution is 7.98. The standard InChI is InChI=1S/C13H12ClN3S/c1-8-13(14)9(2)17(16-8)11-5-4-6-12(18-3)10(11)7-15/h4-6H,1-3H3. The summed E-state index contributed by atoms with van der Waals surface area (Å²) in [7, 11) is 0. The lowest BCUT2D eigenvalue weighted by Gasteiger charge is -2.09. The number of nitrogens with zero attached hydrogens (tertiary/aromatic N) is 3. The van der Waals surface area contributed by atoms with Crippen LogP contribution >= 0.6 is 23.4 Å². The monoisotopic (exact) mass is 277 g/mol. The summed E-state index contributed by atoms with van der Waals surface area (Å²) < 4.78 is 1.73. The first kappa shape index (κ1) is 13.0. The van der Waals surface area contributed by atoms with Crippen LogP contribution in [0.5, 0.6) is 0 Å². The summed E-state index contributed by atoms with van der Waals surface area (Å²) in [5, 5.41) is 14.4. The van der Waals surface area contributed by atoms with Gasteiger partial charge in [0.25, 0.3) is 0 Å². The molecule has 0 atom stereocenters. The van der Waals surface area contributed by atoms with Crippen molar-refractivity contribution >= 4 is 23.4 Å². The van der Waals surface area contributed by atoms with Gasteiger partial charge in [-0.15, -0.1) is 11.8 Å². The lowest BCUT2D eigenvalue weighted by molar-refractivity contribution is 0.828. The Morgan fingerprint density at radius 2 is 2.11 bits per heavy atom. The van der Waals surface area contributed by atoms with Crippen LogP contribution in [0.1, 0.15) is 17.0 Å². The van der Waals surface area contributed by atoms with E-state index in [1.54, 1.807) is 16.4 Å². The molecule has 0 aliphatic rings. The fraction of sp³-hybridized carbons (Fsp3) is 0.231. The van der Waals surface area contributed by atoms with Gasteiger partial charge in [0, 0.05) is 4.90 Å². The highest BCUT2D eigenvalue weighted by Gasteiger charge is 2.15. The Kier molecular flexibility index (Phi) is 3.65. The second-order valence-electron chi connectivity index (χ2n) is 3.86. The number of hydrogen-bond acceptors (Lipinski definition) is 3. The average molecular weight is 278 g/mol. The highest BCUT2D eigenvalue weighted by Crippen LogP contribution is 2.28. The molecule has 0 saturated heterocycles. The third-order valence-corrected chi connectivity index (χ3v) is 4.09. The summed E-state index contributed by atoms with van der Waals surface area (Å²) in [6.07, 6.45) is 1.95. The van der Waals surface area contributed by atoms with Crippen molar-refractivity contribution in [3.05, 3.63) is 40.2 Å². The minimum Gasteiger partial charge on any atom is -0.235 e. The normalized spacial score (nSPS) is 10.4. The van der Waals surface area contributed by atoms with Crippen LogP contribution in [0.15, 0.2) is 23.1 Å². The Labute approximate surface area is 115 Å². The number of nitriles is 1. The van der Waals surface area contributed by atoms with Crippen LogP contribution in [0.3, 0.4) is 0 Å². The molecule has 18 heavy (non-hydrogen) atoms. The van der Waals surface area contributed by atoms with Crippen LogP contribution in [0.2, 0.25) is 5.02 Å². The molecule has 0 fully saturated rings. The van der Waals surface area contributed by atoms with Gasteiger partial charge in [-0.1, -0.05) is 17.7 Å². The van der Waals surface area contributed by atoms with Crippen LogP contribution in [0.25, 0.3) is 5.69 Å². The van der Waals surface area contributed by atoms with E-state index in [1.165, 1.54) is 0 Å². The molecular weight excluding hydrogens is 266 g/mol. The van der Waals surface area contributed by atoms with Crippen LogP contribution in [0, 0.1) is 25.2 Å². The molecule has 0 amide bonds. The molecule has 0 aliphatic heterocycles. The number of aryl methyl sites for hydroxylation is 1. The van der Waals surface area contributed by atoms with Crippen molar-refractivity contribution < 1.29 is 0 Å². The lowest BCUT2D eigenvalue weighted by Crippen LogP contribution is -2.02. The van der Waals surface area contributed by atoms with E-state index < -0.39 is 0 Å². The molecule has 0 saturated carbocycles. The topological polar surface area (TPSA) is 41.6 Å². The van der Waals surface area contributed by atoms with Crippen LogP contribution in [-0.2, 0) is 0 Å². The third-order valence-electron chi connectivity index (χ3n) is 2.77. The fourth-order valence-electron chi connectivity index (χ4n) is 1.84. The first-order chi connectivity index (χ1) is 8.60. The van der Waals surface area contributed by atoms with Gasteiger partial charge in [0.15, 0.2) is 0 Å². The van der Waals surface area contributed by atoms with Crippen LogP contribution < -0.4 is 0 Å². The van der Waals surface area contributed by atoms with Gasteiger partial charge in [-0.2, -0.15) is 10.4 Å². The zero-order valence-electron chi connectivity index (χ0n) is 10.4. The summed E-state index contributed by atoms with van der Waals surface area (Å²) in [6.45, 7) is 3.76. The van der Waals surface area contributed by atoms with Crippen molar-refractivity contribution in [3.8, 4) is 11.8 Å². The summed E-state index contributed by atoms with van der Waals surface area (Å²) in [5.41, 5.74) is 3.03. The van der Waals surface area contributed by atoms with Gasteiger partial charge in [0.05, 0.1) is 27.7 Å². The maximum absolute atomic E-state index is 9.32. The zero-order chi connectivity index (χ0) is 13.3. The molecular formula is C13H12ClN3S. The Bertz CT molecular complexity index is 640. The van der Waals surface area contributed by atoms with Gasteiger partial charge in [0.2, 0.25) is 0 Å². The molecule has 0 radical (unpaired) electrons. The summed E-state index contributed by atoms with van der Waals surface area (Å²) in [5.74, 6) is 0. The average Bonchev–Trinajstić information content (AvgIpc) is 2.65. The van der Waals surface area contributed by atoms with E-state index in [0.717, 1.165) is 22.0 Å². The van der Waals surface area contributed by atoms with Gasteiger partial charge >= 0.3 is 0 Å². The SMILES string of the molecule is CSc1cccc(-n2nc(C)c(Cl)c2C)c1C#N. The number of thioether (sulfide) groups is 1. The van der Waals surface area contributed by atoms with Crippen molar-refractivity contribution in [3.63, 3.8) is 0 Å². The summed E-state index contributed by atoms with van der Waals surface area (Å²) in [4.78, 5) is 0.943. The first-order valence-corrected chi connectivity index (χ1v) is 6.99. The Morgan fingerprint density at radius 3 is 2.61 bits per heavy atom. The minimum absolute atomic E-state index is 0.632. The van der Waals surface area contributed by atoms with Gasteiger partial charge < -0.3 is 0 Å². The smallest absolute Gasteiger partial charge is 0.103 e. The number of hydrogen-bond donors (Lipinski definition) is 0. The molecule has 1 aromatic carbocycles. The van der Waals surface area contributed by atoms with E-state index in [4.69, 9.17) is 11.6 Å². The van der Waals surface area contributed by atoms with E-state index in [2.05, 4.69) is 11.2 Å². The van der Waals surface area contributed by atoms with E-state index in [1.807, 2.05) is 38.3 Å². The second kappa shape index (κ2) is 5.05. The number of aromatic nitrogens is 2. The number of benzene rings is 1. The zero-order valence-corrected chi connectivity index (χ0v) is 11.9. The number of rotatable bonds is 2. The van der Waals surface area contributed by atoms with Crippen molar-refractivity contribution in [2.24, 2.45) is 0 Å². The third kappa shape index (κ3) is 2.00. The van der Waals surface area contributed by atoms with Crippen molar-refractivity contribution in [2.75, 3.05) is 6.26 Å². The predicted molar refractivity (Wildman–Crippen MR) is 74.5 cm³/mol. The molecule has 0 spiro atoms. The van der Waals surface area contributed by atoms with Gasteiger partial charge in [-0.3, -0.25) is 0 Å². The molecule has 92 valence electrons. The molecule has 2 rings (SSSR count). The van der Waals surface area contributed by atoms with E-state index in [0.29, 0.717) is 10.6 Å². The molecule has 0 N–H and O–H groups in total. The van der Waals surface area contributed by atoms with Crippen molar-refractivity contribution in [2.45, 2.75) is 18.7 Å². The predicted octanol–water partition coefficient (Wildman–Crippen LogP) is 3.74. The molecule has 0 bridgehead atoms. The summed E-state index contributed by atoms with van der Waals surface area (Å²) in [6, 6.07) is 7.98. The van der Waals surface area contributed by atoms with Crippen LogP contribution in [0.4, 0.5) is 0 Å². The van der Waals surface area contributed by atoms with E-state index >= 15 is 0 Å². The van der Waals surface area contributed by atoms with Crippen molar-refractivity contribution in [1.29, 1.82) is 5.26 Å². The molecule has 1 heterocycles. The Balaban J connectivity index is 2.72. The maximum atomic E-state index is 9.32. The fourth-order valence-corrected chi connectivity index (χ4v) is 2.52. The lowest BCUT2D eigenvalue weighted by atomic mass is 10.2. The molecule has 1 aromatic heterocycles. The molecule has 3 nitrogen and oxygen atoms in total. The van der Waals surface area contributed by atoms with E-state index in [9.17, 15) is 5.26 Å². The molecule has 0 aliphatic carbocycles. The van der Waals surface area contributed by atoms with E-state index in [-0.39, 0.29) is 0 Å². The molecule has 0 unspecified atom stereocenters. The van der Waals surface area contributed by atoms with Gasteiger partial charge in [0.1, 0.15) is 6.07 Å². The second-order valence-corrected chi connectivity index (χ2v) is 5.09. The van der Waals surface area contributed by atoms with Crippen molar-refractivity contribution in [1.82, 2.24) is 9.78 Å². The van der Waals surface area contributed by atoms with Gasteiger partial charge in [-0.05, 0) is 32.2 Å². The number of halogens is 1. The Hall–Kier alpha value is -1.44. The van der Waals surface area contributed by atoms with Gasteiger partial charge in [-0.25, -0.2) is 4.68 Å². The van der Waals surface area contributed by atoms with Crippen LogP contribution in [-0.4, -0.2) is 16.0 Å². The summed E-state index contributed by atoms with van der Waals surface area (Å²) >= 11 is 7.70.